The van der Waals surface area contributed by atoms with E-state index in [2.05, 4.69) is 0 Å². The SMILES string of the molecule is CCOC[C@]1(CN)[C@@H](c2ccc(OC)cc2)[C@@H]1S(=O)(=O)c1ccc(C)cc1. The summed E-state index contributed by atoms with van der Waals surface area (Å²) in [6.45, 7) is 4.94. The zero-order valence-electron chi connectivity index (χ0n) is 16.0. The predicted octanol–water partition coefficient (Wildman–Crippen LogP) is 2.92. The van der Waals surface area contributed by atoms with Crippen molar-refractivity contribution in [3.63, 3.8) is 0 Å². The highest BCUT2D eigenvalue weighted by molar-refractivity contribution is 7.92. The maximum atomic E-state index is 13.4. The first kappa shape index (κ1) is 19.9. The van der Waals surface area contributed by atoms with E-state index in [1.807, 2.05) is 50.2 Å². The highest BCUT2D eigenvalue weighted by atomic mass is 32.2. The standard InChI is InChI=1S/C21H27NO4S/c1-4-26-14-21(13-22)19(16-7-9-17(25-3)10-8-16)20(21)27(23,24)18-11-5-15(2)6-12-18/h5-12,19-20H,4,13-14,22H2,1-3H3/t19-,20-,21+/m0/s1. The Morgan fingerprint density at radius 2 is 1.70 bits per heavy atom. The molecule has 0 aromatic heterocycles. The molecule has 3 atom stereocenters. The molecule has 0 amide bonds. The van der Waals surface area contributed by atoms with Gasteiger partial charge < -0.3 is 15.2 Å². The molecule has 0 bridgehead atoms. The largest absolute Gasteiger partial charge is 0.497 e. The number of hydrogen-bond acceptors (Lipinski definition) is 5. The van der Waals surface area contributed by atoms with E-state index in [1.54, 1.807) is 19.2 Å². The monoisotopic (exact) mass is 389 g/mol. The summed E-state index contributed by atoms with van der Waals surface area (Å²) in [5.74, 6) is 0.534. The van der Waals surface area contributed by atoms with Crippen LogP contribution in [0.2, 0.25) is 0 Å². The molecule has 0 unspecified atom stereocenters. The molecular weight excluding hydrogens is 362 g/mol. The van der Waals surface area contributed by atoms with Gasteiger partial charge in [-0.15, -0.1) is 0 Å². The molecule has 0 radical (unpaired) electrons. The van der Waals surface area contributed by atoms with Gasteiger partial charge in [0.15, 0.2) is 9.84 Å². The normalized spacial score (nSPS) is 24.6. The molecule has 0 aliphatic heterocycles. The number of hydrogen-bond donors (Lipinski definition) is 1. The van der Waals surface area contributed by atoms with Crippen molar-refractivity contribution < 1.29 is 17.9 Å². The Morgan fingerprint density at radius 1 is 1.07 bits per heavy atom. The Bertz CT molecular complexity index is 877. The van der Waals surface area contributed by atoms with Crippen LogP contribution in [0.4, 0.5) is 0 Å². The first-order valence-electron chi connectivity index (χ1n) is 9.13. The third-order valence-electron chi connectivity index (χ3n) is 5.49. The van der Waals surface area contributed by atoms with Crippen molar-refractivity contribution in [1.82, 2.24) is 0 Å². The van der Waals surface area contributed by atoms with Gasteiger partial charge in [-0.25, -0.2) is 8.42 Å². The number of ether oxygens (including phenoxy) is 2. The predicted molar refractivity (Wildman–Crippen MR) is 106 cm³/mol. The van der Waals surface area contributed by atoms with E-state index in [0.717, 1.165) is 16.9 Å². The molecule has 1 saturated carbocycles. The van der Waals surface area contributed by atoms with Crippen molar-refractivity contribution in [3.8, 4) is 5.75 Å². The maximum absolute atomic E-state index is 13.4. The number of sulfone groups is 1. The van der Waals surface area contributed by atoms with Crippen molar-refractivity contribution in [2.45, 2.75) is 29.9 Å². The van der Waals surface area contributed by atoms with Gasteiger partial charge in [0.25, 0.3) is 0 Å². The van der Waals surface area contributed by atoms with Crippen LogP contribution in [0.1, 0.15) is 24.0 Å². The summed E-state index contributed by atoms with van der Waals surface area (Å²) in [5.41, 5.74) is 7.47. The van der Waals surface area contributed by atoms with Crippen LogP contribution in [-0.4, -0.2) is 40.5 Å². The lowest BCUT2D eigenvalue weighted by Crippen LogP contribution is -2.29. The summed E-state index contributed by atoms with van der Waals surface area (Å²) in [5, 5.41) is -0.599. The number of nitrogens with two attached hydrogens (primary N) is 1. The lowest BCUT2D eigenvalue weighted by Gasteiger charge is -2.16. The second kappa shape index (κ2) is 7.62. The molecule has 0 heterocycles. The van der Waals surface area contributed by atoms with Gasteiger partial charge >= 0.3 is 0 Å². The molecular formula is C21H27NO4S. The van der Waals surface area contributed by atoms with E-state index in [-0.39, 0.29) is 12.5 Å². The first-order valence-corrected chi connectivity index (χ1v) is 10.7. The molecule has 0 saturated heterocycles. The molecule has 2 aromatic carbocycles. The molecule has 1 fully saturated rings. The lowest BCUT2D eigenvalue weighted by atomic mass is 10.00. The zero-order chi connectivity index (χ0) is 19.7. The average Bonchev–Trinajstić information content (AvgIpc) is 3.37. The number of benzene rings is 2. The Balaban J connectivity index is 2.02. The summed E-state index contributed by atoms with van der Waals surface area (Å²) in [6.07, 6.45) is 0. The third-order valence-corrected chi connectivity index (χ3v) is 7.83. The van der Waals surface area contributed by atoms with Crippen LogP contribution >= 0.6 is 0 Å². The number of methoxy groups -OCH3 is 1. The van der Waals surface area contributed by atoms with E-state index < -0.39 is 20.5 Å². The van der Waals surface area contributed by atoms with E-state index in [0.29, 0.717) is 18.1 Å². The zero-order valence-corrected chi connectivity index (χ0v) is 16.8. The van der Waals surface area contributed by atoms with Crippen molar-refractivity contribution in [2.75, 3.05) is 26.9 Å². The molecule has 6 heteroatoms. The summed E-state index contributed by atoms with van der Waals surface area (Å²) >= 11 is 0. The van der Waals surface area contributed by atoms with Gasteiger partial charge in [-0.3, -0.25) is 0 Å². The fraction of sp³-hybridized carbons (Fsp3) is 0.429. The molecule has 2 N–H and O–H groups in total. The van der Waals surface area contributed by atoms with Crippen molar-refractivity contribution in [3.05, 3.63) is 59.7 Å². The highest BCUT2D eigenvalue weighted by Crippen LogP contribution is 2.63. The fourth-order valence-electron chi connectivity index (χ4n) is 3.90. The molecule has 1 aliphatic carbocycles. The molecule has 2 aromatic rings. The van der Waals surface area contributed by atoms with Crippen LogP contribution in [0.15, 0.2) is 53.4 Å². The Morgan fingerprint density at radius 3 is 2.22 bits per heavy atom. The lowest BCUT2D eigenvalue weighted by molar-refractivity contribution is 0.101. The van der Waals surface area contributed by atoms with Crippen LogP contribution in [-0.2, 0) is 14.6 Å². The van der Waals surface area contributed by atoms with Crippen LogP contribution < -0.4 is 10.5 Å². The van der Waals surface area contributed by atoms with Crippen LogP contribution in [0, 0.1) is 12.3 Å². The summed E-state index contributed by atoms with van der Waals surface area (Å²) in [6, 6.07) is 14.5. The molecule has 5 nitrogen and oxygen atoms in total. The van der Waals surface area contributed by atoms with Gasteiger partial charge in [-0.2, -0.15) is 0 Å². The number of aryl methyl sites for hydroxylation is 1. The van der Waals surface area contributed by atoms with Gasteiger partial charge in [0.2, 0.25) is 0 Å². The smallest absolute Gasteiger partial charge is 0.182 e. The fourth-order valence-corrected chi connectivity index (χ4v) is 6.35. The minimum Gasteiger partial charge on any atom is -0.497 e. The van der Waals surface area contributed by atoms with Gasteiger partial charge in [0, 0.05) is 24.5 Å². The van der Waals surface area contributed by atoms with Crippen molar-refractivity contribution in [2.24, 2.45) is 11.1 Å². The Kier molecular flexibility index (Phi) is 5.60. The second-order valence-corrected chi connectivity index (χ2v) is 9.17. The van der Waals surface area contributed by atoms with Gasteiger partial charge in [-0.05, 0) is 43.7 Å². The summed E-state index contributed by atoms with van der Waals surface area (Å²) < 4.78 is 37.7. The Hall–Kier alpha value is -1.89. The molecule has 3 rings (SSSR count). The van der Waals surface area contributed by atoms with E-state index in [9.17, 15) is 8.42 Å². The van der Waals surface area contributed by atoms with Gasteiger partial charge in [0.05, 0.1) is 23.9 Å². The van der Waals surface area contributed by atoms with E-state index in [4.69, 9.17) is 15.2 Å². The molecule has 1 aliphatic rings. The van der Waals surface area contributed by atoms with Gasteiger partial charge in [-0.1, -0.05) is 29.8 Å². The molecule has 146 valence electrons. The minimum absolute atomic E-state index is 0.203. The highest BCUT2D eigenvalue weighted by Gasteiger charge is 2.70. The number of rotatable bonds is 8. The van der Waals surface area contributed by atoms with E-state index >= 15 is 0 Å². The Labute approximate surface area is 161 Å². The minimum atomic E-state index is -3.54. The maximum Gasteiger partial charge on any atom is 0.182 e. The third kappa shape index (κ3) is 3.49. The van der Waals surface area contributed by atoms with Crippen LogP contribution in [0.5, 0.6) is 5.75 Å². The summed E-state index contributed by atoms with van der Waals surface area (Å²) in [4.78, 5) is 0.337. The van der Waals surface area contributed by atoms with Gasteiger partial charge in [0.1, 0.15) is 5.75 Å². The topological polar surface area (TPSA) is 78.6 Å². The van der Waals surface area contributed by atoms with Crippen LogP contribution in [0.25, 0.3) is 0 Å². The first-order chi connectivity index (χ1) is 12.9. The second-order valence-electron chi connectivity index (χ2n) is 7.10. The summed E-state index contributed by atoms with van der Waals surface area (Å²) in [7, 11) is -1.93. The molecule has 0 spiro atoms. The molecule has 27 heavy (non-hydrogen) atoms. The quantitative estimate of drug-likeness (QED) is 0.751. The van der Waals surface area contributed by atoms with Crippen LogP contribution in [0.3, 0.4) is 0 Å². The van der Waals surface area contributed by atoms with Crippen molar-refractivity contribution in [1.29, 1.82) is 0 Å². The van der Waals surface area contributed by atoms with E-state index in [1.165, 1.54) is 0 Å². The average molecular weight is 390 g/mol. The van der Waals surface area contributed by atoms with Crippen molar-refractivity contribution >= 4 is 9.84 Å².